The van der Waals surface area contributed by atoms with Crippen molar-refractivity contribution in [1.82, 2.24) is 15.5 Å². The summed E-state index contributed by atoms with van der Waals surface area (Å²) in [6.45, 7) is 4.86. The van der Waals surface area contributed by atoms with Crippen LogP contribution in [0.4, 0.5) is 0 Å². The van der Waals surface area contributed by atoms with E-state index in [1.165, 1.54) is 36.0 Å². The van der Waals surface area contributed by atoms with Gasteiger partial charge in [-0.05, 0) is 75.3 Å². The van der Waals surface area contributed by atoms with Gasteiger partial charge in [-0.1, -0.05) is 41.2 Å². The SMILES string of the molecule is CC(C)Oc1ccc(-c2nnc(-c3cccc4c3CCC4NCC=C3CCC3)s2)cc1C#N. The van der Waals surface area contributed by atoms with E-state index in [0.29, 0.717) is 17.4 Å². The van der Waals surface area contributed by atoms with Crippen LogP contribution < -0.4 is 10.1 Å². The van der Waals surface area contributed by atoms with Crippen LogP contribution in [0.25, 0.3) is 21.1 Å². The van der Waals surface area contributed by atoms with E-state index in [4.69, 9.17) is 4.74 Å². The highest BCUT2D eigenvalue weighted by Crippen LogP contribution is 2.40. The van der Waals surface area contributed by atoms with Gasteiger partial charge in [0, 0.05) is 23.7 Å². The molecule has 2 aliphatic rings. The maximum atomic E-state index is 9.55. The van der Waals surface area contributed by atoms with E-state index < -0.39 is 0 Å². The van der Waals surface area contributed by atoms with Crippen LogP contribution in [0.15, 0.2) is 48.0 Å². The van der Waals surface area contributed by atoms with E-state index in [-0.39, 0.29) is 6.10 Å². The van der Waals surface area contributed by atoms with Crippen molar-refractivity contribution in [2.75, 3.05) is 6.54 Å². The molecule has 1 heterocycles. The number of allylic oxidation sites excluding steroid dienone is 1. The molecule has 168 valence electrons. The molecule has 0 amide bonds. The van der Waals surface area contributed by atoms with Crippen LogP contribution in [0, 0.1) is 11.3 Å². The molecule has 33 heavy (non-hydrogen) atoms. The molecule has 0 saturated heterocycles. The molecular weight excluding hydrogens is 428 g/mol. The number of ether oxygens (including phenoxy) is 1. The van der Waals surface area contributed by atoms with Gasteiger partial charge in [-0.15, -0.1) is 10.2 Å². The van der Waals surface area contributed by atoms with E-state index >= 15 is 0 Å². The highest BCUT2D eigenvalue weighted by atomic mass is 32.1. The Bertz CT molecular complexity index is 1230. The fraction of sp³-hybridized carbons (Fsp3) is 0.370. The van der Waals surface area contributed by atoms with Crippen molar-refractivity contribution < 1.29 is 4.74 Å². The number of nitrogens with one attached hydrogen (secondary N) is 1. The summed E-state index contributed by atoms with van der Waals surface area (Å²) < 4.78 is 5.75. The van der Waals surface area contributed by atoms with Crippen LogP contribution in [0.3, 0.4) is 0 Å². The van der Waals surface area contributed by atoms with Gasteiger partial charge >= 0.3 is 0 Å². The van der Waals surface area contributed by atoms with Gasteiger partial charge < -0.3 is 10.1 Å². The normalized spacial score (nSPS) is 16.9. The molecule has 6 heteroatoms. The Kier molecular flexibility index (Phi) is 6.26. The molecular formula is C27H28N4OS. The quantitative estimate of drug-likeness (QED) is 0.428. The Labute approximate surface area is 199 Å². The van der Waals surface area contributed by atoms with Crippen LogP contribution in [0.2, 0.25) is 0 Å². The lowest BCUT2D eigenvalue weighted by Crippen LogP contribution is -2.20. The molecule has 1 saturated carbocycles. The molecule has 1 N–H and O–H groups in total. The molecule has 0 bridgehead atoms. The van der Waals surface area contributed by atoms with E-state index in [1.807, 2.05) is 32.0 Å². The lowest BCUT2D eigenvalue weighted by Gasteiger charge is -2.18. The van der Waals surface area contributed by atoms with Crippen molar-refractivity contribution in [3.8, 4) is 33.0 Å². The Hall–Kier alpha value is -3.01. The van der Waals surface area contributed by atoms with Crippen molar-refractivity contribution in [2.45, 2.75) is 58.1 Å². The minimum atomic E-state index is 0.0180. The largest absolute Gasteiger partial charge is 0.490 e. The standard InChI is InChI=1S/C27H28N4OS/c1-17(2)32-25-12-9-19(15-20(25)16-28)26-30-31-27(33-26)23-8-4-7-22-21(23)10-11-24(22)29-14-13-18-5-3-6-18/h4,7-9,12-13,15,17,24,29H,3,5-6,10-11,14H2,1-2H3. The summed E-state index contributed by atoms with van der Waals surface area (Å²) in [4.78, 5) is 0. The number of aromatic nitrogens is 2. The van der Waals surface area contributed by atoms with Crippen LogP contribution in [0.5, 0.6) is 5.75 Å². The van der Waals surface area contributed by atoms with E-state index in [9.17, 15) is 5.26 Å². The van der Waals surface area contributed by atoms with E-state index in [1.54, 1.807) is 16.9 Å². The van der Waals surface area contributed by atoms with Gasteiger partial charge in [0.1, 0.15) is 21.8 Å². The molecule has 1 atom stereocenters. The van der Waals surface area contributed by atoms with Gasteiger partial charge in [-0.3, -0.25) is 0 Å². The lowest BCUT2D eigenvalue weighted by atomic mass is 9.92. The molecule has 2 aromatic carbocycles. The van der Waals surface area contributed by atoms with Gasteiger partial charge in [-0.2, -0.15) is 5.26 Å². The Balaban J connectivity index is 1.37. The number of rotatable bonds is 7. The number of benzene rings is 2. The number of hydrogen-bond acceptors (Lipinski definition) is 6. The zero-order valence-corrected chi connectivity index (χ0v) is 19.9. The smallest absolute Gasteiger partial charge is 0.148 e. The highest BCUT2D eigenvalue weighted by molar-refractivity contribution is 7.17. The Morgan fingerprint density at radius 1 is 1.18 bits per heavy atom. The first-order valence-corrected chi connectivity index (χ1v) is 12.5. The van der Waals surface area contributed by atoms with Gasteiger partial charge in [-0.25, -0.2) is 0 Å². The molecule has 0 spiro atoms. The number of nitriles is 1. The van der Waals surface area contributed by atoms with Crippen molar-refractivity contribution in [2.24, 2.45) is 0 Å². The first-order chi connectivity index (χ1) is 16.1. The summed E-state index contributed by atoms with van der Waals surface area (Å²) in [5, 5.41) is 24.0. The molecule has 0 radical (unpaired) electrons. The van der Waals surface area contributed by atoms with Gasteiger partial charge in [0.15, 0.2) is 0 Å². The van der Waals surface area contributed by atoms with Gasteiger partial charge in [0.25, 0.3) is 0 Å². The fourth-order valence-electron chi connectivity index (χ4n) is 4.55. The number of fused-ring (bicyclic) bond motifs is 1. The maximum Gasteiger partial charge on any atom is 0.148 e. The highest BCUT2D eigenvalue weighted by Gasteiger charge is 2.26. The lowest BCUT2D eigenvalue weighted by molar-refractivity contribution is 0.242. The van der Waals surface area contributed by atoms with E-state index in [2.05, 4.69) is 45.9 Å². The topological polar surface area (TPSA) is 70.8 Å². The van der Waals surface area contributed by atoms with Crippen LogP contribution >= 0.6 is 11.3 Å². The second kappa shape index (κ2) is 9.46. The minimum Gasteiger partial charge on any atom is -0.490 e. The fourth-order valence-corrected chi connectivity index (χ4v) is 5.45. The summed E-state index contributed by atoms with van der Waals surface area (Å²) in [5.74, 6) is 0.605. The molecule has 1 unspecified atom stereocenters. The molecule has 5 rings (SSSR count). The van der Waals surface area contributed by atoms with Crippen molar-refractivity contribution in [1.29, 1.82) is 5.26 Å². The Morgan fingerprint density at radius 2 is 2.03 bits per heavy atom. The summed E-state index contributed by atoms with van der Waals surface area (Å²) in [5.41, 5.74) is 6.95. The second-order valence-corrected chi connectivity index (χ2v) is 9.97. The summed E-state index contributed by atoms with van der Waals surface area (Å²) in [6.07, 6.45) is 8.45. The van der Waals surface area contributed by atoms with Crippen molar-refractivity contribution >= 4 is 11.3 Å². The predicted molar refractivity (Wildman–Crippen MR) is 132 cm³/mol. The van der Waals surface area contributed by atoms with Crippen molar-refractivity contribution in [3.63, 3.8) is 0 Å². The Morgan fingerprint density at radius 3 is 2.79 bits per heavy atom. The zero-order chi connectivity index (χ0) is 22.8. The predicted octanol–water partition coefficient (Wildman–Crippen LogP) is 6.22. The summed E-state index contributed by atoms with van der Waals surface area (Å²) in [6, 6.07) is 14.8. The average molecular weight is 457 g/mol. The first-order valence-electron chi connectivity index (χ1n) is 11.7. The molecule has 3 aromatic rings. The summed E-state index contributed by atoms with van der Waals surface area (Å²) in [7, 11) is 0. The third kappa shape index (κ3) is 4.57. The molecule has 1 aromatic heterocycles. The van der Waals surface area contributed by atoms with Gasteiger partial charge in [0.05, 0.1) is 11.7 Å². The van der Waals surface area contributed by atoms with Gasteiger partial charge in [0.2, 0.25) is 0 Å². The first kappa shape index (κ1) is 21.8. The molecule has 1 fully saturated rings. The maximum absolute atomic E-state index is 9.55. The molecule has 5 nitrogen and oxygen atoms in total. The van der Waals surface area contributed by atoms with E-state index in [0.717, 1.165) is 35.0 Å². The second-order valence-electron chi connectivity index (χ2n) is 8.99. The average Bonchev–Trinajstić information content (AvgIpc) is 3.43. The van der Waals surface area contributed by atoms with Crippen LogP contribution in [-0.2, 0) is 6.42 Å². The molecule has 2 aliphatic carbocycles. The number of nitrogens with zero attached hydrogens (tertiary/aromatic N) is 3. The van der Waals surface area contributed by atoms with Crippen molar-refractivity contribution in [3.05, 3.63) is 64.7 Å². The zero-order valence-electron chi connectivity index (χ0n) is 19.1. The van der Waals surface area contributed by atoms with Crippen LogP contribution in [0.1, 0.15) is 62.3 Å². The third-order valence-corrected chi connectivity index (χ3v) is 7.39. The minimum absolute atomic E-state index is 0.0180. The van der Waals surface area contributed by atoms with Crippen LogP contribution in [-0.4, -0.2) is 22.8 Å². The monoisotopic (exact) mass is 456 g/mol. The summed E-state index contributed by atoms with van der Waals surface area (Å²) >= 11 is 1.58. The number of hydrogen-bond donors (Lipinski definition) is 1. The third-order valence-electron chi connectivity index (χ3n) is 6.39. The molecule has 0 aliphatic heterocycles.